The van der Waals surface area contributed by atoms with E-state index in [1.165, 1.54) is 31.7 Å². The maximum Gasteiger partial charge on any atom is 0.169 e. The second-order valence-electron chi connectivity index (χ2n) is 6.12. The maximum atomic E-state index is 14.2. The van der Waals surface area contributed by atoms with Gasteiger partial charge in [0.2, 0.25) is 0 Å². The number of hydrogen-bond acceptors (Lipinski definition) is 4. The second-order valence-corrected chi connectivity index (χ2v) is 8.24. The summed E-state index contributed by atoms with van der Waals surface area (Å²) in [4.78, 5) is 4.06. The van der Waals surface area contributed by atoms with Crippen molar-refractivity contribution in [1.29, 1.82) is 5.41 Å². The Morgan fingerprint density at radius 2 is 2.08 bits per heavy atom. The zero-order chi connectivity index (χ0) is 18.8. The molecule has 26 heavy (non-hydrogen) atoms. The largest absolute Gasteiger partial charge is 0.384 e. The van der Waals surface area contributed by atoms with Crippen LogP contribution in [0.1, 0.15) is 38.5 Å². The van der Waals surface area contributed by atoms with Crippen LogP contribution in [-0.4, -0.2) is 30.6 Å². The van der Waals surface area contributed by atoms with E-state index in [0.717, 1.165) is 54.4 Å². The number of nitrogens with one attached hydrogen (secondary N) is 4. The van der Waals surface area contributed by atoms with Gasteiger partial charge >= 0.3 is 0 Å². The lowest BCUT2D eigenvalue weighted by molar-refractivity contribution is 0.510. The Balaban J connectivity index is 1.72. The smallest absolute Gasteiger partial charge is 0.169 e. The van der Waals surface area contributed by atoms with E-state index in [4.69, 9.17) is 5.41 Å². The molecule has 144 valence electrons. The molecule has 0 radical (unpaired) electrons. The molecular weight excluding hydrogens is 437 g/mol. The minimum atomic E-state index is -0.327. The van der Waals surface area contributed by atoms with Crippen molar-refractivity contribution < 1.29 is 4.39 Å². The Hall–Kier alpha value is -0.770. The SMILES string of the molecule is N=C/N=C(\S)NSc1cc(Br)c(NCCCCNC2CCCC2)cc1F. The Labute approximate surface area is 172 Å². The van der Waals surface area contributed by atoms with Crippen LogP contribution in [0.15, 0.2) is 26.5 Å². The standard InChI is InChI=1S/C17H25BrFN5S2/c18-13-9-16(26-24-17(25)23-11-20)14(19)10-15(13)22-8-4-3-7-21-12-5-1-2-6-12/h9-12,21-22H,1-8H2,(H3,20,23,24,25). The molecule has 0 aliphatic heterocycles. The first-order valence-electron chi connectivity index (χ1n) is 8.75. The summed E-state index contributed by atoms with van der Waals surface area (Å²) in [5.41, 5.74) is 0.745. The van der Waals surface area contributed by atoms with E-state index in [1.54, 1.807) is 6.07 Å². The predicted octanol–water partition coefficient (Wildman–Crippen LogP) is 4.80. The van der Waals surface area contributed by atoms with Crippen molar-refractivity contribution in [3.05, 3.63) is 22.4 Å². The number of benzene rings is 1. The van der Waals surface area contributed by atoms with Crippen LogP contribution in [0.4, 0.5) is 10.1 Å². The molecule has 0 heterocycles. The molecule has 9 heteroatoms. The van der Waals surface area contributed by atoms with Crippen molar-refractivity contribution >= 4 is 57.7 Å². The summed E-state index contributed by atoms with van der Waals surface area (Å²) in [7, 11) is 0. The first-order chi connectivity index (χ1) is 12.6. The van der Waals surface area contributed by atoms with Gasteiger partial charge in [0.1, 0.15) is 12.2 Å². The fraction of sp³-hybridized carbons (Fsp3) is 0.529. The van der Waals surface area contributed by atoms with Crippen molar-refractivity contribution in [2.24, 2.45) is 4.99 Å². The number of anilines is 1. The second kappa shape index (κ2) is 11.8. The monoisotopic (exact) mass is 461 g/mol. The molecule has 0 amide bonds. The number of aliphatic imine (C=N–C) groups is 1. The molecule has 0 spiro atoms. The van der Waals surface area contributed by atoms with Crippen molar-refractivity contribution in [1.82, 2.24) is 10.0 Å². The van der Waals surface area contributed by atoms with Gasteiger partial charge in [0, 0.05) is 17.1 Å². The van der Waals surface area contributed by atoms with Gasteiger partial charge in [0.15, 0.2) is 5.17 Å². The number of halogens is 2. The highest BCUT2D eigenvalue weighted by Crippen LogP contribution is 2.30. The third-order valence-corrected chi connectivity index (χ3v) is 6.03. The number of rotatable bonds is 10. The molecule has 0 bridgehead atoms. The highest BCUT2D eigenvalue weighted by Gasteiger charge is 2.13. The summed E-state index contributed by atoms with van der Waals surface area (Å²) in [5.74, 6) is -0.327. The Morgan fingerprint density at radius 3 is 2.81 bits per heavy atom. The molecule has 0 unspecified atom stereocenters. The van der Waals surface area contributed by atoms with Gasteiger partial charge in [-0.05, 0) is 72.2 Å². The summed E-state index contributed by atoms with van der Waals surface area (Å²) < 4.78 is 17.8. The Bertz CT molecular complexity index is 623. The molecule has 1 aromatic rings. The highest BCUT2D eigenvalue weighted by molar-refractivity contribution is 9.10. The predicted molar refractivity (Wildman–Crippen MR) is 116 cm³/mol. The number of nitrogens with zero attached hydrogens (tertiary/aromatic N) is 1. The van der Waals surface area contributed by atoms with Gasteiger partial charge in [0.25, 0.3) is 0 Å². The summed E-state index contributed by atoms with van der Waals surface area (Å²) >= 11 is 8.58. The molecule has 1 aromatic carbocycles. The fourth-order valence-corrected chi connectivity index (χ4v) is 4.26. The van der Waals surface area contributed by atoms with Crippen LogP contribution < -0.4 is 15.4 Å². The molecule has 0 atom stereocenters. The average molecular weight is 462 g/mol. The third kappa shape index (κ3) is 7.46. The summed E-state index contributed by atoms with van der Waals surface area (Å²) in [6.07, 6.45) is 8.35. The fourth-order valence-electron chi connectivity index (χ4n) is 2.84. The zero-order valence-electron chi connectivity index (χ0n) is 14.5. The third-order valence-electron chi connectivity index (χ3n) is 4.17. The molecule has 1 aliphatic carbocycles. The number of amidine groups is 1. The number of unbranched alkanes of at least 4 members (excludes halogenated alkanes) is 1. The van der Waals surface area contributed by atoms with Crippen molar-refractivity contribution in [3.63, 3.8) is 0 Å². The van der Waals surface area contributed by atoms with Crippen LogP contribution >= 0.6 is 40.5 Å². The molecule has 0 saturated heterocycles. The molecule has 5 nitrogen and oxygen atoms in total. The number of hydrogen-bond donors (Lipinski definition) is 5. The lowest BCUT2D eigenvalue weighted by Crippen LogP contribution is -2.27. The van der Waals surface area contributed by atoms with E-state index >= 15 is 0 Å². The molecule has 4 N–H and O–H groups in total. The van der Waals surface area contributed by atoms with Crippen LogP contribution in [0.5, 0.6) is 0 Å². The van der Waals surface area contributed by atoms with Gasteiger partial charge < -0.3 is 15.4 Å². The molecule has 0 aromatic heterocycles. The molecule has 1 saturated carbocycles. The van der Waals surface area contributed by atoms with Crippen LogP contribution in [-0.2, 0) is 0 Å². The van der Waals surface area contributed by atoms with E-state index in [9.17, 15) is 4.39 Å². The van der Waals surface area contributed by atoms with Gasteiger partial charge in [-0.15, -0.1) is 12.6 Å². The van der Waals surface area contributed by atoms with Gasteiger partial charge in [-0.1, -0.05) is 12.8 Å². The Kier molecular flexibility index (Phi) is 9.80. The van der Waals surface area contributed by atoms with Crippen LogP contribution in [0.3, 0.4) is 0 Å². The van der Waals surface area contributed by atoms with E-state index in [2.05, 4.69) is 48.9 Å². The molecular formula is C17H25BrFN5S2. The van der Waals surface area contributed by atoms with Crippen molar-refractivity contribution in [2.45, 2.75) is 49.5 Å². The van der Waals surface area contributed by atoms with Gasteiger partial charge in [-0.3, -0.25) is 5.41 Å². The van der Waals surface area contributed by atoms with Gasteiger partial charge in [-0.2, -0.15) is 0 Å². The summed E-state index contributed by atoms with van der Waals surface area (Å²) in [6.45, 7) is 1.86. The van der Waals surface area contributed by atoms with E-state index in [0.29, 0.717) is 10.9 Å². The zero-order valence-corrected chi connectivity index (χ0v) is 17.8. The van der Waals surface area contributed by atoms with Crippen LogP contribution in [0.2, 0.25) is 0 Å². The normalized spacial score (nSPS) is 15.3. The van der Waals surface area contributed by atoms with Gasteiger partial charge in [0.05, 0.1) is 10.6 Å². The summed E-state index contributed by atoms with van der Waals surface area (Å²) in [5, 5.41) is 14.0. The lowest BCUT2D eigenvalue weighted by Gasteiger charge is -2.13. The number of thiol groups is 1. The highest BCUT2D eigenvalue weighted by atomic mass is 79.9. The minimum absolute atomic E-state index is 0.244. The first kappa shape index (κ1) is 21.5. The van der Waals surface area contributed by atoms with Crippen molar-refractivity contribution in [3.8, 4) is 0 Å². The van der Waals surface area contributed by atoms with Crippen molar-refractivity contribution in [2.75, 3.05) is 18.4 Å². The van der Waals surface area contributed by atoms with Crippen LogP contribution in [0.25, 0.3) is 0 Å². The first-order valence-corrected chi connectivity index (χ1v) is 10.8. The molecule has 2 rings (SSSR count). The van der Waals surface area contributed by atoms with E-state index in [1.807, 2.05) is 0 Å². The van der Waals surface area contributed by atoms with Crippen LogP contribution in [0, 0.1) is 11.2 Å². The van der Waals surface area contributed by atoms with E-state index < -0.39 is 0 Å². The van der Waals surface area contributed by atoms with E-state index in [-0.39, 0.29) is 11.0 Å². The molecule has 1 fully saturated rings. The maximum absolute atomic E-state index is 14.2. The minimum Gasteiger partial charge on any atom is -0.384 e. The topological polar surface area (TPSA) is 72.3 Å². The molecule has 1 aliphatic rings. The Morgan fingerprint density at radius 1 is 1.35 bits per heavy atom. The average Bonchev–Trinajstić information content (AvgIpc) is 3.13. The quantitative estimate of drug-likeness (QED) is 0.114. The van der Waals surface area contributed by atoms with Gasteiger partial charge in [-0.25, -0.2) is 9.38 Å². The lowest BCUT2D eigenvalue weighted by atomic mass is 10.2. The summed E-state index contributed by atoms with van der Waals surface area (Å²) in [6, 6.07) is 3.91.